The SMILES string of the molecule is Nc1c(-c2ccc(Cl)cc2)cnn1-c1ccc(F)cc1. The number of rotatable bonds is 2. The van der Waals surface area contributed by atoms with Crippen LogP contribution in [0.2, 0.25) is 5.02 Å². The minimum absolute atomic E-state index is 0.294. The zero-order valence-corrected chi connectivity index (χ0v) is 11.2. The van der Waals surface area contributed by atoms with Crippen molar-refractivity contribution in [2.45, 2.75) is 0 Å². The molecule has 0 aliphatic rings. The number of benzene rings is 2. The first-order valence-corrected chi connectivity index (χ1v) is 6.38. The molecule has 1 heterocycles. The van der Waals surface area contributed by atoms with Gasteiger partial charge in [-0.1, -0.05) is 23.7 Å². The van der Waals surface area contributed by atoms with Gasteiger partial charge >= 0.3 is 0 Å². The van der Waals surface area contributed by atoms with Crippen LogP contribution in [-0.2, 0) is 0 Å². The molecule has 3 nitrogen and oxygen atoms in total. The van der Waals surface area contributed by atoms with Crippen LogP contribution in [0, 0.1) is 5.82 Å². The number of anilines is 1. The molecule has 2 N–H and O–H groups in total. The fourth-order valence-corrected chi connectivity index (χ4v) is 2.12. The molecule has 0 unspecified atom stereocenters. The van der Waals surface area contributed by atoms with E-state index < -0.39 is 0 Å². The van der Waals surface area contributed by atoms with E-state index in [9.17, 15) is 4.39 Å². The predicted octanol–water partition coefficient (Wildman–Crippen LogP) is 3.91. The zero-order valence-electron chi connectivity index (χ0n) is 10.4. The molecule has 3 rings (SSSR count). The van der Waals surface area contributed by atoms with E-state index in [-0.39, 0.29) is 5.82 Å². The van der Waals surface area contributed by atoms with Crippen LogP contribution in [0.5, 0.6) is 0 Å². The third-order valence-corrected chi connectivity index (χ3v) is 3.28. The first kappa shape index (κ1) is 12.7. The zero-order chi connectivity index (χ0) is 14.1. The van der Waals surface area contributed by atoms with E-state index in [1.165, 1.54) is 12.1 Å². The Kier molecular flexibility index (Phi) is 3.16. The van der Waals surface area contributed by atoms with Gasteiger partial charge in [0.2, 0.25) is 0 Å². The maximum Gasteiger partial charge on any atom is 0.135 e. The van der Waals surface area contributed by atoms with Crippen molar-refractivity contribution in [1.29, 1.82) is 0 Å². The Morgan fingerprint density at radius 3 is 2.30 bits per heavy atom. The van der Waals surface area contributed by atoms with Gasteiger partial charge in [-0.25, -0.2) is 9.07 Å². The minimum atomic E-state index is -0.294. The monoisotopic (exact) mass is 287 g/mol. The second-order valence-corrected chi connectivity index (χ2v) is 4.78. The number of hydrogen-bond donors (Lipinski definition) is 1. The van der Waals surface area contributed by atoms with Crippen LogP contribution < -0.4 is 5.73 Å². The fraction of sp³-hybridized carbons (Fsp3) is 0. The molecule has 0 aliphatic heterocycles. The lowest BCUT2D eigenvalue weighted by Crippen LogP contribution is -2.02. The number of nitrogen functional groups attached to an aromatic ring is 1. The highest BCUT2D eigenvalue weighted by molar-refractivity contribution is 6.30. The summed E-state index contributed by atoms with van der Waals surface area (Å²) in [6.07, 6.45) is 1.68. The Bertz CT molecular complexity index is 670. The number of halogens is 2. The Balaban J connectivity index is 2.04. The lowest BCUT2D eigenvalue weighted by atomic mass is 10.1. The Hall–Kier alpha value is -2.33. The largest absolute Gasteiger partial charge is 0.383 e. The summed E-state index contributed by atoms with van der Waals surface area (Å²) in [5.41, 5.74) is 8.57. The molecule has 1 aromatic heterocycles. The molecule has 2 aromatic carbocycles. The van der Waals surface area contributed by atoms with Crippen molar-refractivity contribution in [2.24, 2.45) is 0 Å². The molecule has 20 heavy (non-hydrogen) atoms. The molecular formula is C15H11ClFN3. The van der Waals surface area contributed by atoms with Gasteiger partial charge in [0.1, 0.15) is 11.6 Å². The smallest absolute Gasteiger partial charge is 0.135 e. The maximum atomic E-state index is 12.9. The summed E-state index contributed by atoms with van der Waals surface area (Å²) in [5.74, 6) is 0.205. The van der Waals surface area contributed by atoms with Crippen LogP contribution >= 0.6 is 11.6 Å². The van der Waals surface area contributed by atoms with Crippen LogP contribution in [0.25, 0.3) is 16.8 Å². The summed E-state index contributed by atoms with van der Waals surface area (Å²) in [6, 6.07) is 13.4. The molecule has 3 aromatic rings. The van der Waals surface area contributed by atoms with Gasteiger partial charge < -0.3 is 5.73 Å². The normalized spacial score (nSPS) is 10.7. The molecule has 5 heteroatoms. The molecule has 0 bridgehead atoms. The van der Waals surface area contributed by atoms with Crippen LogP contribution in [0.4, 0.5) is 10.2 Å². The summed E-state index contributed by atoms with van der Waals surface area (Å²) in [6.45, 7) is 0. The van der Waals surface area contributed by atoms with E-state index in [0.29, 0.717) is 16.5 Å². The van der Waals surface area contributed by atoms with Crippen LogP contribution in [0.1, 0.15) is 0 Å². The van der Waals surface area contributed by atoms with Crippen molar-refractivity contribution >= 4 is 17.4 Å². The summed E-state index contributed by atoms with van der Waals surface area (Å²) >= 11 is 5.87. The molecule has 0 aliphatic carbocycles. The molecule has 0 atom stereocenters. The van der Waals surface area contributed by atoms with Gasteiger partial charge in [0.15, 0.2) is 0 Å². The summed E-state index contributed by atoms with van der Waals surface area (Å²) < 4.78 is 14.5. The van der Waals surface area contributed by atoms with Crippen molar-refractivity contribution in [2.75, 3.05) is 5.73 Å². The Morgan fingerprint density at radius 2 is 1.65 bits per heavy atom. The van der Waals surface area contributed by atoms with Gasteiger partial charge in [-0.3, -0.25) is 0 Å². The van der Waals surface area contributed by atoms with E-state index in [1.807, 2.05) is 12.1 Å². The number of nitrogens with two attached hydrogens (primary N) is 1. The van der Waals surface area contributed by atoms with Gasteiger partial charge in [0.25, 0.3) is 0 Å². The third-order valence-electron chi connectivity index (χ3n) is 3.03. The van der Waals surface area contributed by atoms with Gasteiger partial charge in [-0.05, 0) is 42.0 Å². The van der Waals surface area contributed by atoms with Gasteiger partial charge in [-0.15, -0.1) is 0 Å². The lowest BCUT2D eigenvalue weighted by Gasteiger charge is -2.05. The molecule has 0 saturated heterocycles. The maximum absolute atomic E-state index is 12.9. The quantitative estimate of drug-likeness (QED) is 0.776. The average Bonchev–Trinajstić information content (AvgIpc) is 2.83. The molecule has 0 fully saturated rings. The van der Waals surface area contributed by atoms with Crippen molar-refractivity contribution < 1.29 is 4.39 Å². The highest BCUT2D eigenvalue weighted by Crippen LogP contribution is 2.28. The number of nitrogens with zero attached hydrogens (tertiary/aromatic N) is 2. The Morgan fingerprint density at radius 1 is 1.00 bits per heavy atom. The predicted molar refractivity (Wildman–Crippen MR) is 78.4 cm³/mol. The highest BCUT2D eigenvalue weighted by atomic mass is 35.5. The van der Waals surface area contributed by atoms with E-state index >= 15 is 0 Å². The van der Waals surface area contributed by atoms with E-state index in [1.54, 1.807) is 35.1 Å². The molecule has 0 radical (unpaired) electrons. The van der Waals surface area contributed by atoms with E-state index in [4.69, 9.17) is 17.3 Å². The van der Waals surface area contributed by atoms with Crippen molar-refractivity contribution in [3.8, 4) is 16.8 Å². The van der Waals surface area contributed by atoms with Crippen LogP contribution in [0.15, 0.2) is 54.7 Å². The third kappa shape index (κ3) is 2.26. The Labute approximate surface area is 120 Å². The first-order valence-electron chi connectivity index (χ1n) is 6.00. The summed E-state index contributed by atoms with van der Waals surface area (Å²) in [5, 5.41) is 4.92. The first-order chi connectivity index (χ1) is 9.65. The molecule has 100 valence electrons. The summed E-state index contributed by atoms with van der Waals surface area (Å²) in [4.78, 5) is 0. The second-order valence-electron chi connectivity index (χ2n) is 4.34. The average molecular weight is 288 g/mol. The standard InChI is InChI=1S/C15H11ClFN3/c16-11-3-1-10(2-4-11)14-9-19-20(15(14)18)13-7-5-12(17)6-8-13/h1-9H,18H2. The second kappa shape index (κ2) is 4.98. The summed E-state index contributed by atoms with van der Waals surface area (Å²) in [7, 11) is 0. The van der Waals surface area contributed by atoms with E-state index in [2.05, 4.69) is 5.10 Å². The number of hydrogen-bond acceptors (Lipinski definition) is 2. The van der Waals surface area contributed by atoms with Gasteiger partial charge in [0, 0.05) is 10.6 Å². The van der Waals surface area contributed by atoms with E-state index in [0.717, 1.165) is 11.1 Å². The van der Waals surface area contributed by atoms with Crippen molar-refractivity contribution in [1.82, 2.24) is 9.78 Å². The van der Waals surface area contributed by atoms with Crippen molar-refractivity contribution in [3.63, 3.8) is 0 Å². The molecule has 0 spiro atoms. The molecule has 0 amide bonds. The highest BCUT2D eigenvalue weighted by Gasteiger charge is 2.10. The number of aromatic nitrogens is 2. The lowest BCUT2D eigenvalue weighted by molar-refractivity contribution is 0.627. The molecule has 0 saturated carbocycles. The van der Waals surface area contributed by atoms with Crippen molar-refractivity contribution in [3.05, 3.63) is 65.6 Å². The fourth-order valence-electron chi connectivity index (χ4n) is 2.00. The van der Waals surface area contributed by atoms with Crippen LogP contribution in [-0.4, -0.2) is 9.78 Å². The van der Waals surface area contributed by atoms with Crippen LogP contribution in [0.3, 0.4) is 0 Å². The van der Waals surface area contributed by atoms with Gasteiger partial charge in [0.05, 0.1) is 11.9 Å². The van der Waals surface area contributed by atoms with Gasteiger partial charge in [-0.2, -0.15) is 5.10 Å². The minimum Gasteiger partial charge on any atom is -0.383 e. The molecular weight excluding hydrogens is 277 g/mol. The topological polar surface area (TPSA) is 43.8 Å².